The lowest BCUT2D eigenvalue weighted by Crippen LogP contribution is -2.20. The van der Waals surface area contributed by atoms with Gasteiger partial charge >= 0.3 is 0 Å². The minimum atomic E-state index is -0.553. The fourth-order valence-corrected chi connectivity index (χ4v) is 1.31. The fourth-order valence-electron chi connectivity index (χ4n) is 0.904. The SMILES string of the molecule is CSc1ccc(/C=N\NC(=O)CO)cc1. The van der Waals surface area contributed by atoms with Crippen molar-refractivity contribution in [2.75, 3.05) is 12.9 Å². The smallest absolute Gasteiger partial charge is 0.265 e. The molecule has 0 atom stereocenters. The van der Waals surface area contributed by atoms with E-state index in [1.807, 2.05) is 30.5 Å². The van der Waals surface area contributed by atoms with Crippen molar-refractivity contribution in [2.24, 2.45) is 5.10 Å². The summed E-state index contributed by atoms with van der Waals surface area (Å²) in [5.74, 6) is -0.521. The van der Waals surface area contributed by atoms with Crippen LogP contribution in [0.5, 0.6) is 0 Å². The zero-order chi connectivity index (χ0) is 11.1. The van der Waals surface area contributed by atoms with Gasteiger partial charge in [-0.3, -0.25) is 4.79 Å². The summed E-state index contributed by atoms with van der Waals surface area (Å²) in [6.45, 7) is -0.553. The number of aliphatic hydroxyl groups excluding tert-OH is 1. The van der Waals surface area contributed by atoms with Crippen LogP contribution in [0.3, 0.4) is 0 Å². The third-order valence-corrected chi connectivity index (χ3v) is 2.41. The summed E-state index contributed by atoms with van der Waals surface area (Å²) >= 11 is 1.66. The largest absolute Gasteiger partial charge is 0.386 e. The number of nitrogens with one attached hydrogen (secondary N) is 1. The Morgan fingerprint density at radius 3 is 2.73 bits per heavy atom. The third kappa shape index (κ3) is 4.14. The zero-order valence-electron chi connectivity index (χ0n) is 8.30. The predicted octanol–water partition coefficient (Wildman–Crippen LogP) is 0.851. The lowest BCUT2D eigenvalue weighted by atomic mass is 10.2. The van der Waals surface area contributed by atoms with E-state index in [1.165, 1.54) is 11.1 Å². The number of benzene rings is 1. The number of aliphatic hydroxyl groups is 1. The van der Waals surface area contributed by atoms with Crippen molar-refractivity contribution in [3.63, 3.8) is 0 Å². The molecule has 0 spiro atoms. The first-order chi connectivity index (χ1) is 7.26. The van der Waals surface area contributed by atoms with Crippen LogP contribution in [0.25, 0.3) is 0 Å². The van der Waals surface area contributed by atoms with Gasteiger partial charge in [-0.15, -0.1) is 11.8 Å². The van der Waals surface area contributed by atoms with Crippen LogP contribution in [0.4, 0.5) is 0 Å². The number of carbonyl (C=O) groups is 1. The third-order valence-electron chi connectivity index (χ3n) is 1.66. The normalized spacial score (nSPS) is 10.5. The van der Waals surface area contributed by atoms with Crippen molar-refractivity contribution >= 4 is 23.9 Å². The summed E-state index contributed by atoms with van der Waals surface area (Å²) in [5, 5.41) is 12.1. The minimum Gasteiger partial charge on any atom is -0.386 e. The summed E-state index contributed by atoms with van der Waals surface area (Å²) in [7, 11) is 0. The molecule has 4 nitrogen and oxygen atoms in total. The van der Waals surface area contributed by atoms with E-state index >= 15 is 0 Å². The number of thioether (sulfide) groups is 1. The van der Waals surface area contributed by atoms with Crippen LogP contribution in [0.15, 0.2) is 34.3 Å². The van der Waals surface area contributed by atoms with E-state index in [1.54, 1.807) is 11.8 Å². The lowest BCUT2D eigenvalue weighted by Gasteiger charge is -1.97. The second-order valence-corrected chi connectivity index (χ2v) is 3.60. The molecule has 80 valence electrons. The predicted molar refractivity (Wildman–Crippen MR) is 61.0 cm³/mol. The Morgan fingerprint density at radius 1 is 1.53 bits per heavy atom. The number of hydrazone groups is 1. The molecule has 0 bridgehead atoms. The van der Waals surface area contributed by atoms with E-state index in [2.05, 4.69) is 10.5 Å². The molecule has 0 aliphatic heterocycles. The molecule has 0 radical (unpaired) electrons. The van der Waals surface area contributed by atoms with Crippen LogP contribution >= 0.6 is 11.8 Å². The number of hydrogen-bond donors (Lipinski definition) is 2. The maximum Gasteiger partial charge on any atom is 0.265 e. The second kappa shape index (κ2) is 6.21. The summed E-state index contributed by atoms with van der Waals surface area (Å²) < 4.78 is 0. The van der Waals surface area contributed by atoms with Gasteiger partial charge in [0.25, 0.3) is 5.91 Å². The molecule has 0 unspecified atom stereocenters. The van der Waals surface area contributed by atoms with Gasteiger partial charge in [-0.25, -0.2) is 5.43 Å². The number of rotatable bonds is 4. The first kappa shape index (κ1) is 11.7. The van der Waals surface area contributed by atoms with Gasteiger partial charge in [0.05, 0.1) is 6.21 Å². The molecule has 1 rings (SSSR count). The van der Waals surface area contributed by atoms with Crippen molar-refractivity contribution in [2.45, 2.75) is 4.90 Å². The van der Waals surface area contributed by atoms with Gasteiger partial charge < -0.3 is 5.11 Å². The molecule has 0 aromatic heterocycles. The van der Waals surface area contributed by atoms with Crippen molar-refractivity contribution < 1.29 is 9.90 Å². The Kier molecular flexibility index (Phi) is 4.86. The summed E-state index contributed by atoms with van der Waals surface area (Å²) in [6, 6.07) is 7.75. The second-order valence-electron chi connectivity index (χ2n) is 2.72. The monoisotopic (exact) mass is 224 g/mol. The number of carbonyl (C=O) groups excluding carboxylic acids is 1. The van der Waals surface area contributed by atoms with Gasteiger partial charge in [-0.2, -0.15) is 5.10 Å². The molecule has 1 amide bonds. The highest BCUT2D eigenvalue weighted by molar-refractivity contribution is 7.98. The molecule has 5 heteroatoms. The molecular weight excluding hydrogens is 212 g/mol. The topological polar surface area (TPSA) is 61.7 Å². The van der Waals surface area contributed by atoms with Crippen LogP contribution in [-0.2, 0) is 4.79 Å². The van der Waals surface area contributed by atoms with Gasteiger partial charge in [-0.1, -0.05) is 12.1 Å². The highest BCUT2D eigenvalue weighted by Gasteiger charge is 1.93. The number of hydrogen-bond acceptors (Lipinski definition) is 4. The van der Waals surface area contributed by atoms with E-state index < -0.39 is 12.5 Å². The van der Waals surface area contributed by atoms with E-state index in [0.717, 1.165) is 5.56 Å². The Hall–Kier alpha value is -1.33. The number of nitrogens with zero attached hydrogens (tertiary/aromatic N) is 1. The van der Waals surface area contributed by atoms with Crippen LogP contribution in [0.2, 0.25) is 0 Å². The van der Waals surface area contributed by atoms with Gasteiger partial charge in [0.15, 0.2) is 0 Å². The minimum absolute atomic E-state index is 0.521. The fraction of sp³-hybridized carbons (Fsp3) is 0.200. The molecule has 0 saturated carbocycles. The molecule has 2 N–H and O–H groups in total. The maximum absolute atomic E-state index is 10.6. The molecule has 0 aliphatic rings. The molecule has 1 aromatic carbocycles. The van der Waals surface area contributed by atoms with E-state index in [9.17, 15) is 4.79 Å². The van der Waals surface area contributed by atoms with Gasteiger partial charge in [0.1, 0.15) is 6.61 Å². The van der Waals surface area contributed by atoms with Crippen molar-refractivity contribution in [3.05, 3.63) is 29.8 Å². The molecule has 0 heterocycles. The van der Waals surface area contributed by atoms with Gasteiger partial charge in [0, 0.05) is 4.90 Å². The maximum atomic E-state index is 10.6. The molecule has 0 fully saturated rings. The van der Waals surface area contributed by atoms with Gasteiger partial charge in [-0.05, 0) is 24.0 Å². The molecule has 1 aromatic rings. The van der Waals surface area contributed by atoms with Crippen LogP contribution in [-0.4, -0.2) is 30.1 Å². The molecular formula is C10H12N2O2S. The molecule has 0 aliphatic carbocycles. The quantitative estimate of drug-likeness (QED) is 0.453. The highest BCUT2D eigenvalue weighted by atomic mass is 32.2. The Labute approximate surface area is 92.4 Å². The van der Waals surface area contributed by atoms with Crippen molar-refractivity contribution in [1.82, 2.24) is 5.43 Å². The Balaban J connectivity index is 2.53. The molecule has 0 saturated heterocycles. The highest BCUT2D eigenvalue weighted by Crippen LogP contribution is 2.13. The van der Waals surface area contributed by atoms with Gasteiger partial charge in [0.2, 0.25) is 0 Å². The van der Waals surface area contributed by atoms with Crippen LogP contribution in [0, 0.1) is 0 Å². The molecule has 15 heavy (non-hydrogen) atoms. The van der Waals surface area contributed by atoms with E-state index in [0.29, 0.717) is 0 Å². The van der Waals surface area contributed by atoms with E-state index in [-0.39, 0.29) is 0 Å². The number of amides is 1. The Bertz CT molecular complexity index is 349. The van der Waals surface area contributed by atoms with Crippen molar-refractivity contribution in [3.8, 4) is 0 Å². The van der Waals surface area contributed by atoms with Crippen LogP contribution in [0.1, 0.15) is 5.56 Å². The lowest BCUT2D eigenvalue weighted by molar-refractivity contribution is -0.123. The first-order valence-electron chi connectivity index (χ1n) is 4.33. The average molecular weight is 224 g/mol. The standard InChI is InChI=1S/C10H12N2O2S/c1-15-9-4-2-8(3-5-9)6-11-12-10(14)7-13/h2-6,13H,7H2,1H3,(H,12,14)/b11-6-. The summed E-state index contributed by atoms with van der Waals surface area (Å²) in [5.41, 5.74) is 3.08. The first-order valence-corrected chi connectivity index (χ1v) is 5.55. The van der Waals surface area contributed by atoms with Crippen LogP contribution < -0.4 is 5.43 Å². The average Bonchev–Trinajstić information content (AvgIpc) is 2.29. The Morgan fingerprint density at radius 2 is 2.20 bits per heavy atom. The summed E-state index contributed by atoms with van der Waals surface area (Å²) in [4.78, 5) is 11.8. The summed E-state index contributed by atoms with van der Waals surface area (Å²) in [6.07, 6.45) is 3.53. The van der Waals surface area contributed by atoms with Crippen molar-refractivity contribution in [1.29, 1.82) is 0 Å². The zero-order valence-corrected chi connectivity index (χ0v) is 9.12. The van der Waals surface area contributed by atoms with E-state index in [4.69, 9.17) is 5.11 Å².